The summed E-state index contributed by atoms with van der Waals surface area (Å²) in [7, 11) is 0. The summed E-state index contributed by atoms with van der Waals surface area (Å²) in [5, 5.41) is 16.4. The minimum atomic E-state index is -0.736. The highest BCUT2D eigenvalue weighted by molar-refractivity contribution is 6.35. The van der Waals surface area contributed by atoms with E-state index in [2.05, 4.69) is 10.3 Å². The number of halogens is 2. The lowest BCUT2D eigenvalue weighted by Gasteiger charge is -2.28. The molecular weight excluding hydrogens is 329 g/mol. The first kappa shape index (κ1) is 16.6. The highest BCUT2D eigenvalue weighted by Crippen LogP contribution is 2.20. The molecule has 2 rings (SSSR count). The second-order valence-corrected chi connectivity index (χ2v) is 6.41. The van der Waals surface area contributed by atoms with Crippen LogP contribution < -0.4 is 9.79 Å². The molecule has 1 aromatic carbocycles. The Balaban J connectivity index is 2.10. The largest absolute Gasteiger partial charge is 0.594 e. The van der Waals surface area contributed by atoms with Crippen molar-refractivity contribution in [1.82, 2.24) is 5.27 Å². The fourth-order valence-electron chi connectivity index (χ4n) is 1.59. The van der Waals surface area contributed by atoms with E-state index in [1.165, 1.54) is 10.9 Å². The molecule has 0 aliphatic carbocycles. The lowest BCUT2D eigenvalue weighted by atomic mass is 10.2. The third kappa shape index (κ3) is 4.89. The predicted octanol–water partition coefficient (Wildman–Crippen LogP) is 2.48. The Labute approximate surface area is 137 Å². The first-order chi connectivity index (χ1) is 10.2. The van der Waals surface area contributed by atoms with Gasteiger partial charge in [-0.15, -0.1) is 0 Å². The van der Waals surface area contributed by atoms with Gasteiger partial charge in [-0.2, -0.15) is 4.99 Å². The molecule has 8 heteroatoms. The summed E-state index contributed by atoms with van der Waals surface area (Å²) in [6.07, 6.45) is 0.745. The maximum absolute atomic E-state index is 11.6. The average Bonchev–Trinajstić information content (AvgIpc) is 2.77. The van der Waals surface area contributed by atoms with Crippen LogP contribution in [0.15, 0.2) is 33.9 Å². The zero-order valence-corrected chi connectivity index (χ0v) is 13.9. The second kappa shape index (κ2) is 6.54. The zero-order valence-electron chi connectivity index (χ0n) is 12.3. The summed E-state index contributed by atoms with van der Waals surface area (Å²) in [5.74, 6) is 0.0549. The Morgan fingerprint density at radius 2 is 2.14 bits per heavy atom. The summed E-state index contributed by atoms with van der Waals surface area (Å²) in [4.78, 5) is 3.68. The fourth-order valence-corrected chi connectivity index (χ4v) is 2.06. The standard InChI is InChI=1S/C14H15Cl2N3O3/c1-14(2,3)21-13(20)17-12-8-19(18-22-12)7-9-4-5-10(15)6-11(9)16/h4-6,8H,7H2,1-3H3. The third-order valence-electron chi connectivity index (χ3n) is 2.44. The minimum absolute atomic E-state index is 0.0549. The maximum atomic E-state index is 11.6. The predicted molar refractivity (Wildman–Crippen MR) is 80.2 cm³/mol. The number of hydrogen-bond donors (Lipinski definition) is 0. The van der Waals surface area contributed by atoms with Gasteiger partial charge in [0.2, 0.25) is 11.8 Å². The SMILES string of the molecule is CC(C)(C)O/C([O-])=N/c1c[n+](Cc2ccc(Cl)cc2Cl)no1. The van der Waals surface area contributed by atoms with E-state index in [4.69, 9.17) is 32.5 Å². The molecule has 0 unspecified atom stereocenters. The van der Waals surface area contributed by atoms with E-state index in [-0.39, 0.29) is 5.88 Å². The topological polar surface area (TPSA) is 74.6 Å². The minimum Gasteiger partial charge on any atom is -0.594 e. The first-order valence-electron chi connectivity index (χ1n) is 6.48. The van der Waals surface area contributed by atoms with Gasteiger partial charge in [0.15, 0.2) is 6.08 Å². The Kier molecular flexibility index (Phi) is 4.93. The smallest absolute Gasteiger partial charge is 0.323 e. The summed E-state index contributed by atoms with van der Waals surface area (Å²) in [5.41, 5.74) is 0.195. The van der Waals surface area contributed by atoms with Crippen molar-refractivity contribution in [1.29, 1.82) is 0 Å². The van der Waals surface area contributed by atoms with E-state index in [9.17, 15) is 5.11 Å². The molecule has 0 bridgehead atoms. The molecule has 0 saturated carbocycles. The van der Waals surface area contributed by atoms with Crippen LogP contribution in [0.4, 0.5) is 5.88 Å². The molecule has 1 aromatic heterocycles. The number of benzene rings is 1. The highest BCUT2D eigenvalue weighted by atomic mass is 35.5. The van der Waals surface area contributed by atoms with E-state index >= 15 is 0 Å². The van der Waals surface area contributed by atoms with Crippen molar-refractivity contribution in [2.45, 2.75) is 32.9 Å². The maximum Gasteiger partial charge on any atom is 0.323 e. The van der Waals surface area contributed by atoms with Crippen LogP contribution in [0.1, 0.15) is 26.3 Å². The van der Waals surface area contributed by atoms with Crippen molar-refractivity contribution in [3.05, 3.63) is 40.0 Å². The Hall–Kier alpha value is -1.79. The molecule has 118 valence electrons. The van der Waals surface area contributed by atoms with Gasteiger partial charge >= 0.3 is 5.88 Å². The van der Waals surface area contributed by atoms with Gasteiger partial charge in [-0.3, -0.25) is 4.52 Å². The normalized spacial score (nSPS) is 12.5. The van der Waals surface area contributed by atoms with Crippen LogP contribution in [0.2, 0.25) is 10.0 Å². The Morgan fingerprint density at radius 3 is 2.77 bits per heavy atom. The van der Waals surface area contributed by atoms with Gasteiger partial charge in [-0.05, 0) is 22.9 Å². The lowest BCUT2D eigenvalue weighted by Crippen LogP contribution is -2.35. The Morgan fingerprint density at radius 1 is 1.41 bits per heavy atom. The number of aliphatic imine (C=N–C) groups is 1. The number of aromatic nitrogens is 2. The van der Waals surface area contributed by atoms with Crippen LogP contribution in [0.3, 0.4) is 0 Å². The average molecular weight is 344 g/mol. The van der Waals surface area contributed by atoms with Gasteiger partial charge in [-0.25, -0.2) is 0 Å². The van der Waals surface area contributed by atoms with E-state index < -0.39 is 11.7 Å². The molecule has 2 aromatic rings. The van der Waals surface area contributed by atoms with Crippen LogP contribution in [0.5, 0.6) is 0 Å². The lowest BCUT2D eigenvalue weighted by molar-refractivity contribution is -0.754. The van der Waals surface area contributed by atoms with Gasteiger partial charge in [0.25, 0.3) is 6.20 Å². The van der Waals surface area contributed by atoms with Crippen LogP contribution in [-0.2, 0) is 11.3 Å². The van der Waals surface area contributed by atoms with Gasteiger partial charge in [-0.1, -0.05) is 44.0 Å². The van der Waals surface area contributed by atoms with Crippen molar-refractivity contribution < 1.29 is 19.0 Å². The molecule has 0 atom stereocenters. The van der Waals surface area contributed by atoms with E-state index in [0.29, 0.717) is 16.6 Å². The molecule has 0 amide bonds. The van der Waals surface area contributed by atoms with Crippen molar-refractivity contribution in [3.8, 4) is 0 Å². The van der Waals surface area contributed by atoms with Crippen LogP contribution in [0, 0.1) is 0 Å². The molecule has 0 aliphatic rings. The summed E-state index contributed by atoms with van der Waals surface area (Å²) < 4.78 is 11.5. The van der Waals surface area contributed by atoms with Gasteiger partial charge in [0.1, 0.15) is 0 Å². The molecule has 1 heterocycles. The summed E-state index contributed by atoms with van der Waals surface area (Å²) in [6.45, 7) is 5.62. The first-order valence-corrected chi connectivity index (χ1v) is 7.23. The quantitative estimate of drug-likeness (QED) is 0.487. The van der Waals surface area contributed by atoms with Crippen LogP contribution in [-0.4, -0.2) is 17.0 Å². The number of ether oxygens (including phenoxy) is 1. The van der Waals surface area contributed by atoms with Crippen molar-refractivity contribution in [3.63, 3.8) is 0 Å². The van der Waals surface area contributed by atoms with Gasteiger partial charge < -0.3 is 9.84 Å². The second-order valence-electron chi connectivity index (χ2n) is 5.57. The van der Waals surface area contributed by atoms with Crippen molar-refractivity contribution in [2.24, 2.45) is 4.99 Å². The van der Waals surface area contributed by atoms with Crippen molar-refractivity contribution in [2.75, 3.05) is 0 Å². The summed E-state index contributed by atoms with van der Waals surface area (Å²) >= 11 is 11.9. The molecule has 0 N–H and O–H groups in total. The molecular formula is C14H15Cl2N3O3. The van der Waals surface area contributed by atoms with Gasteiger partial charge in [0, 0.05) is 16.2 Å². The van der Waals surface area contributed by atoms with Crippen LogP contribution in [0.25, 0.3) is 0 Å². The molecule has 0 radical (unpaired) electrons. The highest BCUT2D eigenvalue weighted by Gasteiger charge is 2.14. The molecule has 0 fully saturated rings. The number of rotatable bonds is 3. The van der Waals surface area contributed by atoms with Crippen molar-refractivity contribution >= 4 is 35.2 Å². The Bertz CT molecular complexity index is 693. The molecule has 0 spiro atoms. The molecule has 6 nitrogen and oxygen atoms in total. The molecule has 0 saturated heterocycles. The monoisotopic (exact) mass is 343 g/mol. The fraction of sp³-hybridized carbons (Fsp3) is 0.357. The third-order valence-corrected chi connectivity index (χ3v) is 3.03. The van der Waals surface area contributed by atoms with Gasteiger partial charge in [0.05, 0.1) is 5.02 Å². The van der Waals surface area contributed by atoms with E-state index in [1.807, 2.05) is 0 Å². The zero-order chi connectivity index (χ0) is 16.3. The molecule has 22 heavy (non-hydrogen) atoms. The molecule has 0 aliphatic heterocycles. The number of nitrogens with zero attached hydrogens (tertiary/aromatic N) is 3. The number of hydrogen-bond acceptors (Lipinski definition) is 5. The van der Waals surface area contributed by atoms with E-state index in [1.54, 1.807) is 39.0 Å². The van der Waals surface area contributed by atoms with Crippen LogP contribution >= 0.6 is 23.2 Å². The summed E-state index contributed by atoms with van der Waals surface area (Å²) in [6, 6.07) is 5.16. The van der Waals surface area contributed by atoms with E-state index in [0.717, 1.165) is 5.56 Å².